The fraction of sp³-hybridized carbons (Fsp3) is 0.375. The summed E-state index contributed by atoms with van der Waals surface area (Å²) < 4.78 is 5.96. The van der Waals surface area contributed by atoms with Crippen LogP contribution in [-0.4, -0.2) is 26.2 Å². The maximum atomic E-state index is 6.21. The first-order chi connectivity index (χ1) is 9.34. The molecule has 3 heteroatoms. The van der Waals surface area contributed by atoms with Gasteiger partial charge >= 0.3 is 0 Å². The molecule has 0 amide bonds. The zero-order chi connectivity index (χ0) is 13.1. The van der Waals surface area contributed by atoms with E-state index in [4.69, 9.17) is 16.3 Å². The Morgan fingerprint density at radius 3 is 2.53 bits per heavy atom. The predicted molar refractivity (Wildman–Crippen MR) is 79.3 cm³/mol. The Morgan fingerprint density at radius 2 is 1.74 bits per heavy atom. The lowest BCUT2D eigenvalue weighted by atomic mass is 10.1. The smallest absolute Gasteiger partial charge is 0.137 e. The van der Waals surface area contributed by atoms with E-state index in [1.807, 2.05) is 30.3 Å². The van der Waals surface area contributed by atoms with Gasteiger partial charge in [-0.05, 0) is 12.1 Å². The molecule has 1 aliphatic heterocycles. The molecular formula is C16H19ClNO+. The Morgan fingerprint density at radius 1 is 1.00 bits per heavy atom. The summed E-state index contributed by atoms with van der Waals surface area (Å²) in [7, 11) is 0. The van der Waals surface area contributed by atoms with Crippen LogP contribution in [0.3, 0.4) is 0 Å². The van der Waals surface area contributed by atoms with Gasteiger partial charge < -0.3 is 9.64 Å². The van der Waals surface area contributed by atoms with Crippen LogP contribution < -0.4 is 9.64 Å². The van der Waals surface area contributed by atoms with Crippen LogP contribution in [0.5, 0.6) is 5.75 Å². The van der Waals surface area contributed by atoms with Gasteiger partial charge in [-0.25, -0.2) is 0 Å². The summed E-state index contributed by atoms with van der Waals surface area (Å²) in [5.41, 5.74) is 0. The Kier molecular flexibility index (Phi) is 3.90. The molecule has 0 aromatic heterocycles. The lowest BCUT2D eigenvalue weighted by Crippen LogP contribution is -3.10. The topological polar surface area (TPSA) is 13.7 Å². The minimum Gasteiger partial charge on any atom is -0.487 e. The van der Waals surface area contributed by atoms with Crippen LogP contribution in [0.25, 0.3) is 10.8 Å². The Hall–Kier alpha value is -1.25. The summed E-state index contributed by atoms with van der Waals surface area (Å²) in [5.74, 6) is 0.943. The van der Waals surface area contributed by atoms with Crippen molar-refractivity contribution in [1.82, 2.24) is 0 Å². The van der Waals surface area contributed by atoms with Crippen LogP contribution in [-0.2, 0) is 0 Å². The Labute approximate surface area is 118 Å². The van der Waals surface area contributed by atoms with Gasteiger partial charge in [0, 0.05) is 28.6 Å². The third-order valence-electron chi connectivity index (χ3n) is 3.85. The van der Waals surface area contributed by atoms with Crippen molar-refractivity contribution in [2.75, 3.05) is 26.2 Å². The average molecular weight is 277 g/mol. The van der Waals surface area contributed by atoms with Crippen LogP contribution in [0.15, 0.2) is 36.4 Å². The van der Waals surface area contributed by atoms with E-state index in [9.17, 15) is 0 Å². The second-order valence-electron chi connectivity index (χ2n) is 5.15. The van der Waals surface area contributed by atoms with Crippen molar-refractivity contribution in [3.8, 4) is 5.75 Å². The van der Waals surface area contributed by atoms with Gasteiger partial charge in [-0.15, -0.1) is 0 Å². The molecular weight excluding hydrogens is 258 g/mol. The summed E-state index contributed by atoms with van der Waals surface area (Å²) >= 11 is 6.21. The number of hydrogen-bond donors (Lipinski definition) is 1. The second-order valence-corrected chi connectivity index (χ2v) is 5.55. The lowest BCUT2D eigenvalue weighted by molar-refractivity contribution is -0.887. The zero-order valence-electron chi connectivity index (χ0n) is 11.0. The fourth-order valence-electron chi connectivity index (χ4n) is 2.79. The van der Waals surface area contributed by atoms with E-state index in [2.05, 4.69) is 6.07 Å². The van der Waals surface area contributed by atoms with E-state index in [1.54, 1.807) is 4.90 Å². The third kappa shape index (κ3) is 2.85. The molecule has 0 spiro atoms. The molecule has 1 heterocycles. The monoisotopic (exact) mass is 276 g/mol. The molecule has 0 saturated carbocycles. The van der Waals surface area contributed by atoms with Gasteiger partial charge in [-0.3, -0.25) is 0 Å². The Balaban J connectivity index is 1.72. The number of likely N-dealkylation sites (tertiary alicyclic amines) is 1. The van der Waals surface area contributed by atoms with E-state index in [0.29, 0.717) is 0 Å². The molecule has 2 aromatic rings. The van der Waals surface area contributed by atoms with Crippen LogP contribution in [0.4, 0.5) is 0 Å². The van der Waals surface area contributed by atoms with Crippen LogP contribution in [0, 0.1) is 0 Å². The van der Waals surface area contributed by atoms with Crippen molar-refractivity contribution >= 4 is 22.4 Å². The highest BCUT2D eigenvalue weighted by Gasteiger charge is 2.15. The maximum absolute atomic E-state index is 6.21. The normalized spacial score (nSPS) is 16.1. The first-order valence-electron chi connectivity index (χ1n) is 6.98. The first-order valence-corrected chi connectivity index (χ1v) is 7.36. The van der Waals surface area contributed by atoms with E-state index in [0.717, 1.165) is 34.7 Å². The molecule has 3 rings (SSSR count). The van der Waals surface area contributed by atoms with Crippen molar-refractivity contribution in [2.45, 2.75) is 12.8 Å². The quantitative estimate of drug-likeness (QED) is 0.906. The largest absolute Gasteiger partial charge is 0.487 e. The average Bonchev–Trinajstić information content (AvgIpc) is 2.95. The molecule has 0 radical (unpaired) electrons. The van der Waals surface area contributed by atoms with E-state index < -0.39 is 0 Å². The highest BCUT2D eigenvalue weighted by Crippen LogP contribution is 2.31. The minimum atomic E-state index is 0.779. The fourth-order valence-corrected chi connectivity index (χ4v) is 3.02. The number of rotatable bonds is 4. The van der Waals surface area contributed by atoms with Gasteiger partial charge in [0.1, 0.15) is 18.9 Å². The SMILES string of the molecule is Clc1ccc(OCC[NH+]2CCCC2)c2ccccc12. The molecule has 100 valence electrons. The van der Waals surface area contributed by atoms with Gasteiger partial charge in [-0.1, -0.05) is 35.9 Å². The van der Waals surface area contributed by atoms with Crippen molar-refractivity contribution in [1.29, 1.82) is 0 Å². The van der Waals surface area contributed by atoms with Gasteiger partial charge in [0.2, 0.25) is 0 Å². The molecule has 19 heavy (non-hydrogen) atoms. The summed E-state index contributed by atoms with van der Waals surface area (Å²) in [6.07, 6.45) is 2.72. The number of hydrogen-bond acceptors (Lipinski definition) is 1. The van der Waals surface area contributed by atoms with E-state index >= 15 is 0 Å². The number of quaternary nitrogens is 1. The number of fused-ring (bicyclic) bond motifs is 1. The highest BCUT2D eigenvalue weighted by atomic mass is 35.5. The standard InChI is InChI=1S/C16H18ClNO/c17-15-7-8-16(14-6-2-1-5-13(14)15)19-12-11-18-9-3-4-10-18/h1-2,5-8H,3-4,9-12H2/p+1. The molecule has 1 fully saturated rings. The summed E-state index contributed by atoms with van der Waals surface area (Å²) in [4.78, 5) is 1.67. The van der Waals surface area contributed by atoms with Gasteiger partial charge in [0.05, 0.1) is 13.1 Å². The molecule has 0 atom stereocenters. The molecule has 0 unspecified atom stereocenters. The van der Waals surface area contributed by atoms with Crippen LogP contribution in [0.1, 0.15) is 12.8 Å². The number of benzene rings is 2. The predicted octanol–water partition coefficient (Wildman–Crippen LogP) is 2.55. The summed E-state index contributed by atoms with van der Waals surface area (Å²) in [5, 5.41) is 2.95. The second kappa shape index (κ2) is 5.81. The third-order valence-corrected chi connectivity index (χ3v) is 4.18. The van der Waals surface area contributed by atoms with Gasteiger partial charge in [-0.2, -0.15) is 0 Å². The van der Waals surface area contributed by atoms with Crippen molar-refractivity contribution in [2.24, 2.45) is 0 Å². The molecule has 1 saturated heterocycles. The van der Waals surface area contributed by atoms with E-state index in [-0.39, 0.29) is 0 Å². The minimum absolute atomic E-state index is 0.779. The highest BCUT2D eigenvalue weighted by molar-refractivity contribution is 6.35. The zero-order valence-corrected chi connectivity index (χ0v) is 11.7. The van der Waals surface area contributed by atoms with E-state index in [1.165, 1.54) is 25.9 Å². The first kappa shape index (κ1) is 12.8. The summed E-state index contributed by atoms with van der Waals surface area (Å²) in [6, 6.07) is 12.0. The van der Waals surface area contributed by atoms with Crippen molar-refractivity contribution < 1.29 is 9.64 Å². The molecule has 2 nitrogen and oxygen atoms in total. The molecule has 2 aromatic carbocycles. The van der Waals surface area contributed by atoms with Gasteiger partial charge in [0.25, 0.3) is 0 Å². The number of halogens is 1. The van der Waals surface area contributed by atoms with Gasteiger partial charge in [0.15, 0.2) is 0 Å². The number of nitrogens with one attached hydrogen (secondary N) is 1. The van der Waals surface area contributed by atoms with Crippen LogP contribution >= 0.6 is 11.6 Å². The molecule has 0 aliphatic carbocycles. The van der Waals surface area contributed by atoms with Crippen molar-refractivity contribution in [3.05, 3.63) is 41.4 Å². The molecule has 0 bridgehead atoms. The summed E-state index contributed by atoms with van der Waals surface area (Å²) in [6.45, 7) is 4.47. The molecule has 1 N–H and O–H groups in total. The maximum Gasteiger partial charge on any atom is 0.137 e. The number of ether oxygens (including phenoxy) is 1. The molecule has 1 aliphatic rings. The van der Waals surface area contributed by atoms with Crippen LogP contribution in [0.2, 0.25) is 5.02 Å². The Bertz CT molecular complexity index is 564. The lowest BCUT2D eigenvalue weighted by Gasteiger charge is -2.14. The van der Waals surface area contributed by atoms with Crippen molar-refractivity contribution in [3.63, 3.8) is 0 Å².